The van der Waals surface area contributed by atoms with Gasteiger partial charge in [-0.25, -0.2) is 4.79 Å². The molecule has 150 valence electrons. The van der Waals surface area contributed by atoms with E-state index in [-0.39, 0.29) is 11.4 Å². The van der Waals surface area contributed by atoms with Crippen molar-refractivity contribution in [1.29, 1.82) is 0 Å². The number of Topliss-reactive ketones (excluding diaryl/α,β-unsaturated/α-hetero) is 1. The monoisotopic (exact) mass is 393 g/mol. The highest BCUT2D eigenvalue weighted by molar-refractivity contribution is 6.17. The number of benzene rings is 2. The van der Waals surface area contributed by atoms with Crippen molar-refractivity contribution in [2.24, 2.45) is 5.41 Å². The Morgan fingerprint density at radius 3 is 2.10 bits per heavy atom. The zero-order valence-corrected chi connectivity index (χ0v) is 16.8. The molecule has 0 fully saturated rings. The predicted molar refractivity (Wildman–Crippen MR) is 109 cm³/mol. The van der Waals surface area contributed by atoms with Crippen molar-refractivity contribution in [2.45, 2.75) is 26.8 Å². The van der Waals surface area contributed by atoms with Gasteiger partial charge in [-0.3, -0.25) is 14.5 Å². The average molecular weight is 393 g/mol. The Morgan fingerprint density at radius 2 is 1.59 bits per heavy atom. The molecule has 1 amide bonds. The molecule has 1 N–H and O–H groups in total. The molecule has 0 saturated carbocycles. The van der Waals surface area contributed by atoms with Gasteiger partial charge in [-0.1, -0.05) is 51.1 Å². The molecular weight excluding hydrogens is 370 g/mol. The highest BCUT2D eigenvalue weighted by atomic mass is 16.5. The quantitative estimate of drug-likeness (QED) is 0.794. The molecule has 1 heterocycles. The molecule has 0 saturated heterocycles. The first kappa shape index (κ1) is 20.3. The van der Waals surface area contributed by atoms with Gasteiger partial charge in [-0.05, 0) is 29.8 Å². The molecule has 1 atom stereocenters. The molecular formula is C23H23NO5. The second kappa shape index (κ2) is 7.54. The van der Waals surface area contributed by atoms with E-state index in [0.29, 0.717) is 16.8 Å². The summed E-state index contributed by atoms with van der Waals surface area (Å²) in [5.74, 6) is -1.99. The van der Waals surface area contributed by atoms with Gasteiger partial charge in [0.2, 0.25) is 0 Å². The Balaban J connectivity index is 2.13. The van der Waals surface area contributed by atoms with E-state index in [9.17, 15) is 19.5 Å². The summed E-state index contributed by atoms with van der Waals surface area (Å²) in [6.45, 7) is 5.24. The Morgan fingerprint density at radius 1 is 1.00 bits per heavy atom. The number of aliphatic hydroxyl groups is 1. The lowest BCUT2D eigenvalue weighted by Crippen LogP contribution is -2.32. The van der Waals surface area contributed by atoms with Crippen molar-refractivity contribution in [3.8, 4) is 0 Å². The summed E-state index contributed by atoms with van der Waals surface area (Å²) in [7, 11) is 1.29. The fraction of sp³-hybridized carbons (Fsp3) is 0.261. The molecule has 0 aromatic heterocycles. The van der Waals surface area contributed by atoms with E-state index >= 15 is 0 Å². The van der Waals surface area contributed by atoms with Crippen LogP contribution in [0.4, 0.5) is 5.69 Å². The summed E-state index contributed by atoms with van der Waals surface area (Å²) in [5, 5.41) is 10.6. The number of anilines is 1. The average Bonchev–Trinajstić information content (AvgIpc) is 2.97. The molecule has 2 aromatic rings. The Bertz CT molecular complexity index is 984. The van der Waals surface area contributed by atoms with E-state index in [1.54, 1.807) is 32.9 Å². The fourth-order valence-electron chi connectivity index (χ4n) is 3.33. The first-order valence-electron chi connectivity index (χ1n) is 9.21. The van der Waals surface area contributed by atoms with E-state index < -0.39 is 29.1 Å². The van der Waals surface area contributed by atoms with Crippen LogP contribution in [0.25, 0.3) is 0 Å². The van der Waals surface area contributed by atoms with Crippen molar-refractivity contribution in [3.63, 3.8) is 0 Å². The minimum atomic E-state index is -0.776. The minimum absolute atomic E-state index is 0.0748. The Labute approximate surface area is 169 Å². The van der Waals surface area contributed by atoms with Crippen molar-refractivity contribution in [3.05, 3.63) is 77.1 Å². The summed E-state index contributed by atoms with van der Waals surface area (Å²) in [6.07, 6.45) is 0. The van der Waals surface area contributed by atoms with Crippen LogP contribution in [0.2, 0.25) is 0 Å². The lowest BCUT2D eigenvalue weighted by Gasteiger charge is -2.29. The van der Waals surface area contributed by atoms with Crippen LogP contribution in [0.3, 0.4) is 0 Å². The number of ketones is 1. The van der Waals surface area contributed by atoms with Crippen molar-refractivity contribution in [1.82, 2.24) is 0 Å². The minimum Gasteiger partial charge on any atom is -0.503 e. The van der Waals surface area contributed by atoms with Gasteiger partial charge in [-0.2, -0.15) is 0 Å². The normalized spacial score (nSPS) is 16.9. The van der Waals surface area contributed by atoms with Crippen LogP contribution in [-0.2, 0) is 14.3 Å². The third-order valence-corrected chi connectivity index (χ3v) is 4.82. The smallest absolute Gasteiger partial charge is 0.337 e. The SMILES string of the molecule is COC(=O)c1ccc(N2C(=O)C(O)=C(C(=O)C(C)(C)C)C2c2ccccc2)cc1. The van der Waals surface area contributed by atoms with E-state index in [0.717, 1.165) is 0 Å². The largest absolute Gasteiger partial charge is 0.503 e. The number of methoxy groups -OCH3 is 1. The van der Waals surface area contributed by atoms with Crippen LogP contribution in [-0.4, -0.2) is 29.9 Å². The van der Waals surface area contributed by atoms with Gasteiger partial charge in [-0.15, -0.1) is 0 Å². The van der Waals surface area contributed by atoms with Crippen molar-refractivity contribution in [2.75, 3.05) is 12.0 Å². The molecule has 0 spiro atoms. The topological polar surface area (TPSA) is 83.9 Å². The molecule has 1 aliphatic heterocycles. The van der Waals surface area contributed by atoms with E-state index in [4.69, 9.17) is 4.74 Å². The Kier molecular flexibility index (Phi) is 5.29. The van der Waals surface area contributed by atoms with Crippen LogP contribution < -0.4 is 4.90 Å². The lowest BCUT2D eigenvalue weighted by atomic mass is 9.82. The molecule has 0 aliphatic carbocycles. The molecule has 1 aliphatic rings. The first-order chi connectivity index (χ1) is 13.7. The van der Waals surface area contributed by atoms with Gasteiger partial charge in [0, 0.05) is 11.1 Å². The summed E-state index contributed by atoms with van der Waals surface area (Å²) in [4.78, 5) is 39.2. The van der Waals surface area contributed by atoms with Crippen LogP contribution in [0.15, 0.2) is 65.9 Å². The van der Waals surface area contributed by atoms with E-state index in [1.165, 1.54) is 24.1 Å². The van der Waals surface area contributed by atoms with Gasteiger partial charge in [0.25, 0.3) is 5.91 Å². The number of nitrogens with zero attached hydrogens (tertiary/aromatic N) is 1. The number of carbonyl (C=O) groups excluding carboxylic acids is 3. The third-order valence-electron chi connectivity index (χ3n) is 4.82. The highest BCUT2D eigenvalue weighted by Gasteiger charge is 2.46. The predicted octanol–water partition coefficient (Wildman–Crippen LogP) is 3.99. The number of hydrogen-bond donors (Lipinski definition) is 1. The maximum absolute atomic E-state index is 13.1. The number of rotatable bonds is 4. The number of carbonyl (C=O) groups is 3. The van der Waals surface area contributed by atoms with Gasteiger partial charge in [0.1, 0.15) is 0 Å². The summed E-state index contributed by atoms with van der Waals surface area (Å²) >= 11 is 0. The summed E-state index contributed by atoms with van der Waals surface area (Å²) < 4.78 is 4.70. The maximum Gasteiger partial charge on any atom is 0.337 e. The second-order valence-corrected chi connectivity index (χ2v) is 7.87. The number of hydrogen-bond acceptors (Lipinski definition) is 5. The number of ether oxygens (including phenoxy) is 1. The van der Waals surface area contributed by atoms with Crippen LogP contribution in [0.1, 0.15) is 42.7 Å². The lowest BCUT2D eigenvalue weighted by molar-refractivity contribution is -0.123. The molecule has 1 unspecified atom stereocenters. The fourth-order valence-corrected chi connectivity index (χ4v) is 3.33. The van der Waals surface area contributed by atoms with E-state index in [1.807, 2.05) is 30.3 Å². The van der Waals surface area contributed by atoms with Crippen LogP contribution in [0.5, 0.6) is 0 Å². The van der Waals surface area contributed by atoms with Crippen molar-refractivity contribution >= 4 is 23.3 Å². The van der Waals surface area contributed by atoms with E-state index in [2.05, 4.69) is 0 Å². The Hall–Kier alpha value is -3.41. The van der Waals surface area contributed by atoms with Gasteiger partial charge < -0.3 is 9.84 Å². The van der Waals surface area contributed by atoms with Gasteiger partial charge >= 0.3 is 5.97 Å². The summed E-state index contributed by atoms with van der Waals surface area (Å²) in [5.41, 5.74) is 0.795. The molecule has 6 heteroatoms. The molecule has 0 bridgehead atoms. The second-order valence-electron chi connectivity index (χ2n) is 7.87. The van der Waals surface area contributed by atoms with Crippen molar-refractivity contribution < 1.29 is 24.2 Å². The van der Waals surface area contributed by atoms with Gasteiger partial charge in [0.15, 0.2) is 11.5 Å². The van der Waals surface area contributed by atoms with Crippen LogP contribution >= 0.6 is 0 Å². The number of esters is 1. The molecule has 29 heavy (non-hydrogen) atoms. The van der Waals surface area contributed by atoms with Crippen LogP contribution in [0, 0.1) is 5.41 Å². The summed E-state index contributed by atoms with van der Waals surface area (Å²) in [6, 6.07) is 14.6. The molecule has 0 radical (unpaired) electrons. The number of amides is 1. The maximum atomic E-state index is 13.1. The third kappa shape index (κ3) is 3.66. The standard InChI is InChI=1S/C23H23NO5/c1-23(2,3)20(26)17-18(14-8-6-5-7-9-14)24(21(27)19(17)25)16-12-10-15(11-13-16)22(28)29-4/h5-13,18,25H,1-4H3. The van der Waals surface area contributed by atoms with Gasteiger partial charge in [0.05, 0.1) is 24.3 Å². The zero-order valence-electron chi connectivity index (χ0n) is 16.8. The molecule has 3 rings (SSSR count). The first-order valence-corrected chi connectivity index (χ1v) is 9.21. The molecule has 6 nitrogen and oxygen atoms in total. The molecule has 2 aromatic carbocycles. The number of aliphatic hydroxyl groups excluding tert-OH is 1. The zero-order chi connectivity index (χ0) is 21.3. The highest BCUT2D eigenvalue weighted by Crippen LogP contribution is 2.43.